The quantitative estimate of drug-likeness (QED) is 0.850. The summed E-state index contributed by atoms with van der Waals surface area (Å²) in [4.78, 5) is 26.8. The molecule has 2 amide bonds. The molecule has 1 unspecified atom stereocenters. The molecule has 2 fully saturated rings. The summed E-state index contributed by atoms with van der Waals surface area (Å²) >= 11 is 0. The van der Waals surface area contributed by atoms with Gasteiger partial charge in [0.25, 0.3) is 0 Å². The molecule has 0 aromatic carbocycles. The second-order valence-electron chi connectivity index (χ2n) is 5.76. The number of nitrogens with zero attached hydrogens (tertiary/aromatic N) is 2. The molecule has 0 bridgehead atoms. The van der Waals surface area contributed by atoms with Gasteiger partial charge in [0.1, 0.15) is 0 Å². The Kier molecular flexibility index (Phi) is 5.23. The Balaban J connectivity index is 1.78. The first-order valence-corrected chi connectivity index (χ1v) is 7.43. The molecule has 20 heavy (non-hydrogen) atoms. The van der Waals surface area contributed by atoms with Gasteiger partial charge in [0, 0.05) is 26.1 Å². The van der Waals surface area contributed by atoms with Crippen molar-refractivity contribution in [3.63, 3.8) is 0 Å². The van der Waals surface area contributed by atoms with Gasteiger partial charge in [-0.1, -0.05) is 0 Å². The molecule has 2 heterocycles. The zero-order valence-corrected chi connectivity index (χ0v) is 12.1. The largest absolute Gasteiger partial charge is 0.481 e. The van der Waals surface area contributed by atoms with Crippen LogP contribution in [0.25, 0.3) is 0 Å². The van der Waals surface area contributed by atoms with Gasteiger partial charge < -0.3 is 19.6 Å². The highest BCUT2D eigenvalue weighted by molar-refractivity contribution is 5.75. The number of likely N-dealkylation sites (tertiary alicyclic amines) is 1. The van der Waals surface area contributed by atoms with E-state index in [1.807, 2.05) is 16.7 Å². The van der Waals surface area contributed by atoms with E-state index in [1.165, 1.54) is 0 Å². The first-order valence-electron chi connectivity index (χ1n) is 7.43. The van der Waals surface area contributed by atoms with Crippen molar-refractivity contribution >= 4 is 12.0 Å². The van der Waals surface area contributed by atoms with E-state index in [0.717, 1.165) is 32.4 Å². The van der Waals surface area contributed by atoms with Crippen molar-refractivity contribution in [1.82, 2.24) is 9.80 Å². The predicted octanol–water partition coefficient (Wildman–Crippen LogP) is 1.40. The minimum atomic E-state index is -0.731. The Labute approximate surface area is 119 Å². The number of carboxylic acids is 1. The fourth-order valence-electron chi connectivity index (χ4n) is 2.93. The summed E-state index contributed by atoms with van der Waals surface area (Å²) in [6.45, 7) is 5.39. The second kappa shape index (κ2) is 6.92. The first-order chi connectivity index (χ1) is 9.58. The first kappa shape index (κ1) is 15.1. The number of ether oxygens (including phenoxy) is 1. The number of aliphatic carboxylic acids is 1. The van der Waals surface area contributed by atoms with E-state index in [4.69, 9.17) is 9.84 Å². The van der Waals surface area contributed by atoms with Gasteiger partial charge in [-0.15, -0.1) is 0 Å². The van der Waals surface area contributed by atoms with Crippen molar-refractivity contribution in [3.05, 3.63) is 0 Å². The standard InChI is InChI=1S/C14H24N2O4/c1-11-10-20-9-8-16(11)14(19)15-6-4-12(5-7-15)2-3-13(17)18/h11-12H,2-10H2,1H3,(H,17,18). The molecule has 6 nitrogen and oxygen atoms in total. The van der Waals surface area contributed by atoms with Crippen molar-refractivity contribution in [3.8, 4) is 0 Å². The SMILES string of the molecule is CC1COCCN1C(=O)N1CCC(CCC(=O)O)CC1. The van der Waals surface area contributed by atoms with Gasteiger partial charge in [0.15, 0.2) is 0 Å². The van der Waals surface area contributed by atoms with Gasteiger partial charge in [-0.05, 0) is 32.1 Å². The van der Waals surface area contributed by atoms with Crippen molar-refractivity contribution in [2.24, 2.45) is 5.92 Å². The number of carboxylic acid groups (broad SMARTS) is 1. The average Bonchev–Trinajstić information content (AvgIpc) is 2.45. The molecule has 2 rings (SSSR count). The Hall–Kier alpha value is -1.30. The van der Waals surface area contributed by atoms with Crippen molar-refractivity contribution in [1.29, 1.82) is 0 Å². The van der Waals surface area contributed by atoms with Crippen LogP contribution in [0.4, 0.5) is 4.79 Å². The van der Waals surface area contributed by atoms with Gasteiger partial charge in [0.05, 0.1) is 19.3 Å². The molecule has 2 saturated heterocycles. The average molecular weight is 284 g/mol. The summed E-state index contributed by atoms with van der Waals surface area (Å²) in [6, 6.07) is 0.249. The second-order valence-corrected chi connectivity index (χ2v) is 5.76. The zero-order chi connectivity index (χ0) is 14.5. The van der Waals surface area contributed by atoms with Gasteiger partial charge >= 0.3 is 12.0 Å². The number of morpholine rings is 1. The van der Waals surface area contributed by atoms with E-state index in [-0.39, 0.29) is 18.5 Å². The van der Waals surface area contributed by atoms with Crippen LogP contribution in [0.2, 0.25) is 0 Å². The minimum Gasteiger partial charge on any atom is -0.481 e. The van der Waals surface area contributed by atoms with E-state index in [2.05, 4.69) is 0 Å². The lowest BCUT2D eigenvalue weighted by atomic mass is 9.92. The number of carbonyl (C=O) groups is 2. The molecule has 0 aromatic heterocycles. The molecular weight excluding hydrogens is 260 g/mol. The number of urea groups is 1. The third-order valence-electron chi connectivity index (χ3n) is 4.26. The number of rotatable bonds is 3. The van der Waals surface area contributed by atoms with E-state index in [9.17, 15) is 9.59 Å². The van der Waals surface area contributed by atoms with Crippen LogP contribution in [0.15, 0.2) is 0 Å². The van der Waals surface area contributed by atoms with Gasteiger partial charge in [-0.2, -0.15) is 0 Å². The van der Waals surface area contributed by atoms with Crippen LogP contribution >= 0.6 is 0 Å². The van der Waals surface area contributed by atoms with Crippen LogP contribution < -0.4 is 0 Å². The summed E-state index contributed by atoms with van der Waals surface area (Å²) in [5.74, 6) is -0.289. The maximum absolute atomic E-state index is 12.4. The number of piperidine rings is 1. The lowest BCUT2D eigenvalue weighted by Gasteiger charge is -2.39. The molecule has 6 heteroatoms. The Morgan fingerprint density at radius 2 is 1.95 bits per heavy atom. The molecule has 0 aliphatic carbocycles. The summed E-state index contributed by atoms with van der Waals surface area (Å²) < 4.78 is 5.35. The van der Waals surface area contributed by atoms with Gasteiger partial charge in [-0.3, -0.25) is 4.79 Å². The Bertz CT molecular complexity index is 353. The molecular formula is C14H24N2O4. The summed E-state index contributed by atoms with van der Waals surface area (Å²) in [5.41, 5.74) is 0. The maximum Gasteiger partial charge on any atom is 0.320 e. The number of hydrogen-bond donors (Lipinski definition) is 1. The Morgan fingerprint density at radius 1 is 1.25 bits per heavy atom. The van der Waals surface area contributed by atoms with Crippen LogP contribution in [-0.2, 0) is 9.53 Å². The highest BCUT2D eigenvalue weighted by Crippen LogP contribution is 2.23. The van der Waals surface area contributed by atoms with Gasteiger partial charge in [0.2, 0.25) is 0 Å². The maximum atomic E-state index is 12.4. The molecule has 0 aromatic rings. The number of amides is 2. The minimum absolute atomic E-state index is 0.109. The number of carbonyl (C=O) groups excluding carboxylic acids is 1. The smallest absolute Gasteiger partial charge is 0.320 e. The lowest BCUT2D eigenvalue weighted by molar-refractivity contribution is -0.137. The molecule has 1 N–H and O–H groups in total. The molecule has 0 spiro atoms. The monoisotopic (exact) mass is 284 g/mol. The van der Waals surface area contributed by atoms with Crippen LogP contribution in [0, 0.1) is 5.92 Å². The Morgan fingerprint density at radius 3 is 2.55 bits per heavy atom. The molecule has 2 aliphatic rings. The topological polar surface area (TPSA) is 70.1 Å². The molecule has 0 radical (unpaired) electrons. The zero-order valence-electron chi connectivity index (χ0n) is 12.1. The summed E-state index contributed by atoms with van der Waals surface area (Å²) in [5, 5.41) is 8.70. The van der Waals surface area contributed by atoms with Crippen LogP contribution in [0.5, 0.6) is 0 Å². The van der Waals surface area contributed by atoms with Crippen LogP contribution in [0.1, 0.15) is 32.6 Å². The van der Waals surface area contributed by atoms with E-state index in [1.54, 1.807) is 0 Å². The molecule has 0 saturated carbocycles. The highest BCUT2D eigenvalue weighted by Gasteiger charge is 2.30. The van der Waals surface area contributed by atoms with Crippen molar-refractivity contribution in [2.45, 2.75) is 38.6 Å². The normalized spacial score (nSPS) is 24.8. The lowest BCUT2D eigenvalue weighted by Crippen LogP contribution is -2.54. The van der Waals surface area contributed by atoms with E-state index < -0.39 is 5.97 Å². The van der Waals surface area contributed by atoms with Gasteiger partial charge in [-0.25, -0.2) is 4.79 Å². The summed E-state index contributed by atoms with van der Waals surface area (Å²) in [6.07, 6.45) is 2.79. The third-order valence-corrected chi connectivity index (χ3v) is 4.26. The van der Waals surface area contributed by atoms with Crippen molar-refractivity contribution < 1.29 is 19.4 Å². The molecule has 2 aliphatic heterocycles. The van der Waals surface area contributed by atoms with Crippen LogP contribution in [0.3, 0.4) is 0 Å². The molecule has 1 atom stereocenters. The van der Waals surface area contributed by atoms with E-state index >= 15 is 0 Å². The summed E-state index contributed by atoms with van der Waals surface area (Å²) in [7, 11) is 0. The van der Waals surface area contributed by atoms with Crippen molar-refractivity contribution in [2.75, 3.05) is 32.8 Å². The van der Waals surface area contributed by atoms with E-state index in [0.29, 0.717) is 25.7 Å². The third kappa shape index (κ3) is 3.85. The highest BCUT2D eigenvalue weighted by atomic mass is 16.5. The van der Waals surface area contributed by atoms with Crippen LogP contribution in [-0.4, -0.2) is 65.8 Å². The molecule has 114 valence electrons. The number of hydrogen-bond acceptors (Lipinski definition) is 3. The fraction of sp³-hybridized carbons (Fsp3) is 0.857. The predicted molar refractivity (Wildman–Crippen MR) is 73.5 cm³/mol. The fourth-order valence-corrected chi connectivity index (χ4v) is 2.93.